The largest absolute Gasteiger partial charge is 0.457 e. The molecule has 1 aliphatic carbocycles. The van der Waals surface area contributed by atoms with E-state index in [2.05, 4.69) is 4.98 Å². The highest BCUT2D eigenvalue weighted by molar-refractivity contribution is 6.11. The molecule has 1 fully saturated rings. The molecule has 0 spiro atoms. The SMILES string of the molecule is CCC(=O)c1ccc2c(Oc3ccc(CC(=O)C4(C(=O)Cc5ccc(F)cc5)CC4)cc3)ccnc2c1. The predicted octanol–water partition coefficient (Wildman–Crippen LogP) is 6.46. The summed E-state index contributed by atoms with van der Waals surface area (Å²) >= 11 is 0. The summed E-state index contributed by atoms with van der Waals surface area (Å²) in [6.45, 7) is 1.83. The molecule has 0 saturated heterocycles. The number of fused-ring (bicyclic) bond motifs is 1. The van der Waals surface area contributed by atoms with Gasteiger partial charge in [-0.15, -0.1) is 0 Å². The third-order valence-corrected chi connectivity index (χ3v) is 6.96. The number of Topliss-reactive ketones (excluding diaryl/α,β-unsaturated/α-hetero) is 3. The number of ketones is 3. The second-order valence-electron chi connectivity index (χ2n) is 9.47. The summed E-state index contributed by atoms with van der Waals surface area (Å²) in [5.74, 6) is 0.752. The molecule has 0 radical (unpaired) electrons. The van der Waals surface area contributed by atoms with E-state index in [1.165, 1.54) is 12.1 Å². The number of aromatic nitrogens is 1. The average Bonchev–Trinajstić information content (AvgIpc) is 3.73. The Morgan fingerprint density at radius 1 is 0.865 bits per heavy atom. The smallest absolute Gasteiger partial charge is 0.162 e. The van der Waals surface area contributed by atoms with Gasteiger partial charge in [0.25, 0.3) is 0 Å². The standard InChI is InChI=1S/C31H26FNO4/c1-2-27(34)22-7-12-25-26(19-22)33-16-13-28(25)37-24-10-5-21(6-11-24)18-30(36)31(14-15-31)29(35)17-20-3-8-23(32)9-4-20/h3-13,16,19H,2,14-15,17-18H2,1H3. The lowest BCUT2D eigenvalue weighted by atomic mass is 9.88. The van der Waals surface area contributed by atoms with Crippen LogP contribution in [0.5, 0.6) is 11.5 Å². The third-order valence-electron chi connectivity index (χ3n) is 6.96. The van der Waals surface area contributed by atoms with Crippen molar-refractivity contribution in [2.45, 2.75) is 39.0 Å². The normalized spacial score (nSPS) is 13.8. The molecule has 0 atom stereocenters. The first-order valence-corrected chi connectivity index (χ1v) is 12.4. The first-order chi connectivity index (χ1) is 17.9. The summed E-state index contributed by atoms with van der Waals surface area (Å²) < 4.78 is 19.2. The Morgan fingerprint density at radius 2 is 1.49 bits per heavy atom. The fourth-order valence-electron chi connectivity index (χ4n) is 4.54. The summed E-state index contributed by atoms with van der Waals surface area (Å²) in [6.07, 6.45) is 3.50. The number of benzene rings is 3. The molecule has 186 valence electrons. The zero-order valence-electron chi connectivity index (χ0n) is 20.5. The number of hydrogen-bond acceptors (Lipinski definition) is 5. The van der Waals surface area contributed by atoms with Gasteiger partial charge >= 0.3 is 0 Å². The Morgan fingerprint density at radius 3 is 2.08 bits per heavy atom. The fourth-order valence-corrected chi connectivity index (χ4v) is 4.54. The van der Waals surface area contributed by atoms with Crippen LogP contribution in [-0.4, -0.2) is 22.3 Å². The van der Waals surface area contributed by atoms with Gasteiger partial charge in [0.05, 0.1) is 10.9 Å². The average molecular weight is 496 g/mol. The molecule has 4 aromatic rings. The number of nitrogens with zero attached hydrogens (tertiary/aromatic N) is 1. The molecule has 37 heavy (non-hydrogen) atoms. The van der Waals surface area contributed by atoms with Crippen LogP contribution in [0.1, 0.15) is 47.7 Å². The fraction of sp³-hybridized carbons (Fsp3) is 0.226. The van der Waals surface area contributed by atoms with Crippen LogP contribution in [0.4, 0.5) is 4.39 Å². The molecule has 0 unspecified atom stereocenters. The molecule has 1 heterocycles. The Hall–Kier alpha value is -4.19. The quantitative estimate of drug-likeness (QED) is 0.186. The van der Waals surface area contributed by atoms with E-state index < -0.39 is 5.41 Å². The van der Waals surface area contributed by atoms with Gasteiger partial charge in [0.15, 0.2) is 17.3 Å². The van der Waals surface area contributed by atoms with Crippen molar-refractivity contribution >= 4 is 28.3 Å². The maximum Gasteiger partial charge on any atom is 0.162 e. The molecule has 0 amide bonds. The van der Waals surface area contributed by atoms with E-state index in [4.69, 9.17) is 4.74 Å². The van der Waals surface area contributed by atoms with Crippen LogP contribution in [-0.2, 0) is 22.4 Å². The van der Waals surface area contributed by atoms with E-state index in [1.54, 1.807) is 48.7 Å². The minimum Gasteiger partial charge on any atom is -0.457 e. The monoisotopic (exact) mass is 495 g/mol. The summed E-state index contributed by atoms with van der Waals surface area (Å²) in [6, 6.07) is 20.2. The highest BCUT2D eigenvalue weighted by Crippen LogP contribution is 2.48. The van der Waals surface area contributed by atoms with Crippen LogP contribution < -0.4 is 4.74 Å². The maximum absolute atomic E-state index is 13.2. The maximum atomic E-state index is 13.2. The van der Waals surface area contributed by atoms with Crippen molar-refractivity contribution in [3.05, 3.63) is 102 Å². The Balaban J connectivity index is 1.25. The van der Waals surface area contributed by atoms with E-state index in [0.717, 1.165) is 10.9 Å². The van der Waals surface area contributed by atoms with Gasteiger partial charge in [-0.1, -0.05) is 37.3 Å². The molecule has 5 nitrogen and oxygen atoms in total. The number of carbonyl (C=O) groups is 3. The molecule has 0 bridgehead atoms. The summed E-state index contributed by atoms with van der Waals surface area (Å²) in [4.78, 5) is 42.3. The van der Waals surface area contributed by atoms with Crippen molar-refractivity contribution in [1.82, 2.24) is 4.98 Å². The Kier molecular flexibility index (Phi) is 6.66. The molecule has 1 saturated carbocycles. The van der Waals surface area contributed by atoms with Gasteiger partial charge < -0.3 is 4.74 Å². The van der Waals surface area contributed by atoms with Crippen molar-refractivity contribution in [3.8, 4) is 11.5 Å². The van der Waals surface area contributed by atoms with E-state index in [-0.39, 0.29) is 36.0 Å². The lowest BCUT2D eigenvalue weighted by Crippen LogP contribution is -2.28. The molecule has 1 aliphatic rings. The second-order valence-corrected chi connectivity index (χ2v) is 9.47. The van der Waals surface area contributed by atoms with Gasteiger partial charge in [-0.3, -0.25) is 19.4 Å². The number of halogens is 1. The van der Waals surface area contributed by atoms with Crippen molar-refractivity contribution in [1.29, 1.82) is 0 Å². The molecular formula is C31H26FNO4. The molecular weight excluding hydrogens is 469 g/mol. The Labute approximate surface area is 214 Å². The van der Waals surface area contributed by atoms with Gasteiger partial charge in [0.2, 0.25) is 0 Å². The van der Waals surface area contributed by atoms with Crippen LogP contribution in [0.15, 0.2) is 79.0 Å². The predicted molar refractivity (Wildman–Crippen MR) is 138 cm³/mol. The highest BCUT2D eigenvalue weighted by Gasteiger charge is 2.54. The van der Waals surface area contributed by atoms with E-state index in [1.807, 2.05) is 25.1 Å². The Bertz CT molecular complexity index is 1490. The van der Waals surface area contributed by atoms with Gasteiger partial charge in [0, 0.05) is 36.4 Å². The molecule has 0 aliphatic heterocycles. The van der Waals surface area contributed by atoms with Crippen molar-refractivity contribution in [2.24, 2.45) is 5.41 Å². The van der Waals surface area contributed by atoms with Crippen LogP contribution in [0.3, 0.4) is 0 Å². The van der Waals surface area contributed by atoms with Crippen molar-refractivity contribution in [2.75, 3.05) is 0 Å². The van der Waals surface area contributed by atoms with Crippen molar-refractivity contribution in [3.63, 3.8) is 0 Å². The van der Waals surface area contributed by atoms with Gasteiger partial charge in [-0.05, 0) is 66.4 Å². The molecule has 6 heteroatoms. The van der Waals surface area contributed by atoms with Crippen LogP contribution in [0.2, 0.25) is 0 Å². The number of pyridine rings is 1. The zero-order chi connectivity index (χ0) is 26.0. The number of carbonyl (C=O) groups excluding carboxylic acids is 3. The number of ether oxygens (including phenoxy) is 1. The van der Waals surface area contributed by atoms with Gasteiger partial charge in [-0.2, -0.15) is 0 Å². The summed E-state index contributed by atoms with van der Waals surface area (Å²) in [5.41, 5.74) is 1.90. The summed E-state index contributed by atoms with van der Waals surface area (Å²) in [5, 5.41) is 0.796. The van der Waals surface area contributed by atoms with Crippen LogP contribution in [0, 0.1) is 11.2 Å². The minimum atomic E-state index is -0.919. The second kappa shape index (κ2) is 10.1. The van der Waals surface area contributed by atoms with Gasteiger partial charge in [0.1, 0.15) is 17.3 Å². The molecule has 0 N–H and O–H groups in total. The lowest BCUT2D eigenvalue weighted by Gasteiger charge is -2.14. The first kappa shape index (κ1) is 24.5. The van der Waals surface area contributed by atoms with E-state index in [0.29, 0.717) is 47.4 Å². The highest BCUT2D eigenvalue weighted by atomic mass is 19.1. The number of hydrogen-bond donors (Lipinski definition) is 0. The molecule has 3 aromatic carbocycles. The molecule has 1 aromatic heterocycles. The summed E-state index contributed by atoms with van der Waals surface area (Å²) in [7, 11) is 0. The van der Waals surface area contributed by atoms with Gasteiger partial charge in [-0.25, -0.2) is 4.39 Å². The minimum absolute atomic E-state index is 0.0605. The van der Waals surface area contributed by atoms with E-state index >= 15 is 0 Å². The number of rotatable bonds is 10. The topological polar surface area (TPSA) is 73.3 Å². The lowest BCUT2D eigenvalue weighted by molar-refractivity contribution is -0.133. The zero-order valence-corrected chi connectivity index (χ0v) is 20.5. The first-order valence-electron chi connectivity index (χ1n) is 12.4. The van der Waals surface area contributed by atoms with Crippen LogP contribution >= 0.6 is 0 Å². The van der Waals surface area contributed by atoms with E-state index in [9.17, 15) is 18.8 Å². The van der Waals surface area contributed by atoms with Crippen LogP contribution in [0.25, 0.3) is 10.9 Å². The van der Waals surface area contributed by atoms with Crippen molar-refractivity contribution < 1.29 is 23.5 Å². The molecule has 5 rings (SSSR count). The third kappa shape index (κ3) is 5.19.